The topological polar surface area (TPSA) is 89.0 Å². The second-order valence-corrected chi connectivity index (χ2v) is 10.7. The monoisotopic (exact) mass is 554 g/mol. The highest BCUT2D eigenvalue weighted by Crippen LogP contribution is 2.26. The highest BCUT2D eigenvalue weighted by atomic mass is 16.7. The van der Waals surface area contributed by atoms with Crippen LogP contribution in [-0.2, 0) is 31.8 Å². The van der Waals surface area contributed by atoms with Gasteiger partial charge in [0.25, 0.3) is 0 Å². The Bertz CT molecular complexity index is 1410. The van der Waals surface area contributed by atoms with E-state index in [0.29, 0.717) is 19.8 Å². The Morgan fingerprint density at radius 3 is 1.78 bits per heavy atom. The number of benzene rings is 4. The summed E-state index contributed by atoms with van der Waals surface area (Å²) in [4.78, 5) is 0. The minimum Gasteiger partial charge on any atom is -0.374 e. The van der Waals surface area contributed by atoms with E-state index in [1.807, 2.05) is 0 Å². The molecule has 0 aromatic heterocycles. The maximum atomic E-state index is 6.64. The Morgan fingerprint density at radius 2 is 1.24 bits per heavy atom. The van der Waals surface area contributed by atoms with Gasteiger partial charge in [-0.2, -0.15) is 0 Å². The molecule has 5 unspecified atom stereocenters. The fourth-order valence-electron chi connectivity index (χ4n) is 5.62. The average molecular weight is 555 g/mol. The molecule has 1 saturated heterocycles. The summed E-state index contributed by atoms with van der Waals surface area (Å²) >= 11 is 0. The fourth-order valence-corrected chi connectivity index (χ4v) is 5.62. The van der Waals surface area contributed by atoms with Crippen molar-refractivity contribution in [1.82, 2.24) is 0 Å². The maximum Gasteiger partial charge on any atom is 0.176 e. The lowest BCUT2D eigenvalue weighted by molar-refractivity contribution is -0.270. The number of hydrogen-bond donors (Lipinski definition) is 2. The number of aryl methyl sites for hydroxylation is 2. The second-order valence-electron chi connectivity index (χ2n) is 10.7. The van der Waals surface area contributed by atoms with Crippen LogP contribution >= 0.6 is 0 Å². The molecule has 1 aliphatic rings. The van der Waals surface area contributed by atoms with Crippen molar-refractivity contribution >= 4 is 21.5 Å². The molecule has 1 fully saturated rings. The van der Waals surface area contributed by atoms with E-state index in [-0.39, 0.29) is 18.8 Å². The van der Waals surface area contributed by atoms with Gasteiger partial charge in [-0.15, -0.1) is 6.58 Å². The lowest BCUT2D eigenvalue weighted by atomic mass is 9.96. The van der Waals surface area contributed by atoms with E-state index in [1.165, 1.54) is 32.7 Å². The molecule has 4 aromatic rings. The summed E-state index contributed by atoms with van der Waals surface area (Å²) in [6.45, 7) is 5.46. The van der Waals surface area contributed by atoms with Crippen LogP contribution in [0.4, 0.5) is 0 Å². The van der Waals surface area contributed by atoms with Gasteiger partial charge in [0.2, 0.25) is 0 Å². The van der Waals surface area contributed by atoms with Crippen molar-refractivity contribution in [3.05, 3.63) is 109 Å². The van der Waals surface area contributed by atoms with Crippen molar-refractivity contribution in [2.75, 3.05) is 26.4 Å². The van der Waals surface area contributed by atoms with E-state index in [2.05, 4.69) is 91.5 Å². The first-order chi connectivity index (χ1) is 20.2. The van der Waals surface area contributed by atoms with Gasteiger partial charge in [0, 0.05) is 19.8 Å². The zero-order chi connectivity index (χ0) is 28.4. The smallest absolute Gasteiger partial charge is 0.176 e. The molecule has 6 heteroatoms. The first-order valence-electron chi connectivity index (χ1n) is 14.7. The van der Waals surface area contributed by atoms with Gasteiger partial charge in [-0.05, 0) is 58.4 Å². The Labute approximate surface area is 243 Å². The van der Waals surface area contributed by atoms with Crippen LogP contribution in [0.15, 0.2) is 97.6 Å². The van der Waals surface area contributed by atoms with E-state index >= 15 is 0 Å². The fraction of sp³-hybridized carbons (Fsp3) is 0.371. The van der Waals surface area contributed by atoms with E-state index in [4.69, 9.17) is 30.4 Å². The summed E-state index contributed by atoms with van der Waals surface area (Å²) in [5.41, 5.74) is 15.4. The van der Waals surface area contributed by atoms with Crippen molar-refractivity contribution in [3.63, 3.8) is 0 Å². The lowest BCUT2D eigenvalue weighted by Crippen LogP contribution is -2.64. The molecule has 0 radical (unpaired) electrons. The number of ether oxygens (including phenoxy) is 4. The number of hydrogen-bond acceptors (Lipinski definition) is 6. The summed E-state index contributed by atoms with van der Waals surface area (Å²) < 4.78 is 24.8. The Hall–Kier alpha value is -3.10. The molecule has 0 amide bonds. The van der Waals surface area contributed by atoms with Gasteiger partial charge in [-0.1, -0.05) is 91.0 Å². The van der Waals surface area contributed by atoms with Crippen molar-refractivity contribution in [1.29, 1.82) is 0 Å². The van der Waals surface area contributed by atoms with Crippen molar-refractivity contribution < 1.29 is 18.9 Å². The highest BCUT2D eigenvalue weighted by molar-refractivity contribution is 5.83. The van der Waals surface area contributed by atoms with E-state index in [9.17, 15) is 0 Å². The normalized spacial score (nSPS) is 22.7. The van der Waals surface area contributed by atoms with Crippen LogP contribution in [0, 0.1) is 0 Å². The van der Waals surface area contributed by atoms with Crippen LogP contribution < -0.4 is 11.5 Å². The molecule has 4 aromatic carbocycles. The third kappa shape index (κ3) is 7.60. The summed E-state index contributed by atoms with van der Waals surface area (Å²) in [6, 6.07) is 29.6. The maximum absolute atomic E-state index is 6.64. The SMILES string of the molecule is C=CCOC1OC(CN)C(OCCCc2ccc3ccccc3c2)C(OCCCc2ccc3ccccc3c2)C1N. The van der Waals surface area contributed by atoms with Gasteiger partial charge in [-0.3, -0.25) is 0 Å². The number of nitrogens with two attached hydrogens (primary N) is 2. The lowest BCUT2D eigenvalue weighted by Gasteiger charge is -2.44. The minimum absolute atomic E-state index is 0.285. The van der Waals surface area contributed by atoms with Crippen LogP contribution in [0.1, 0.15) is 24.0 Å². The molecular weight excluding hydrogens is 512 g/mol. The summed E-state index contributed by atoms with van der Waals surface area (Å²) in [7, 11) is 0. The van der Waals surface area contributed by atoms with Crippen molar-refractivity contribution in [2.45, 2.75) is 56.3 Å². The minimum atomic E-state index is -0.635. The van der Waals surface area contributed by atoms with E-state index < -0.39 is 18.4 Å². The molecule has 5 rings (SSSR count). The molecule has 216 valence electrons. The number of fused-ring (bicyclic) bond motifs is 2. The van der Waals surface area contributed by atoms with Gasteiger partial charge in [0.15, 0.2) is 6.29 Å². The highest BCUT2D eigenvalue weighted by Gasteiger charge is 2.45. The van der Waals surface area contributed by atoms with Gasteiger partial charge in [0.05, 0.1) is 12.6 Å². The van der Waals surface area contributed by atoms with Crippen LogP contribution in [0.5, 0.6) is 0 Å². The summed E-state index contributed by atoms with van der Waals surface area (Å²) in [6.07, 6.45) is 3.45. The molecule has 0 spiro atoms. The third-order valence-electron chi connectivity index (χ3n) is 7.77. The van der Waals surface area contributed by atoms with Gasteiger partial charge >= 0.3 is 0 Å². The molecule has 0 saturated carbocycles. The van der Waals surface area contributed by atoms with Crippen LogP contribution in [0.2, 0.25) is 0 Å². The first kappa shape index (κ1) is 29.4. The average Bonchev–Trinajstić information content (AvgIpc) is 3.01. The molecule has 1 heterocycles. The van der Waals surface area contributed by atoms with E-state index in [0.717, 1.165) is 25.7 Å². The molecule has 4 N–H and O–H groups in total. The number of rotatable bonds is 14. The van der Waals surface area contributed by atoms with Gasteiger partial charge in [0.1, 0.15) is 18.3 Å². The molecule has 6 nitrogen and oxygen atoms in total. The summed E-state index contributed by atoms with van der Waals surface area (Å²) in [5.74, 6) is 0. The predicted molar refractivity (Wildman–Crippen MR) is 166 cm³/mol. The molecule has 0 bridgehead atoms. The van der Waals surface area contributed by atoms with Gasteiger partial charge < -0.3 is 30.4 Å². The molecule has 5 atom stereocenters. The third-order valence-corrected chi connectivity index (χ3v) is 7.77. The van der Waals surface area contributed by atoms with E-state index in [1.54, 1.807) is 6.08 Å². The van der Waals surface area contributed by atoms with Crippen LogP contribution in [-0.4, -0.2) is 57.0 Å². The molecule has 0 aliphatic carbocycles. The van der Waals surface area contributed by atoms with Crippen LogP contribution in [0.3, 0.4) is 0 Å². The zero-order valence-corrected chi connectivity index (χ0v) is 23.7. The van der Waals surface area contributed by atoms with Crippen molar-refractivity contribution in [3.8, 4) is 0 Å². The largest absolute Gasteiger partial charge is 0.374 e. The standard InChI is InChI=1S/C35H42N2O4/c1-2-19-40-35-32(37)34(39-21-8-10-26-16-18-28-12-4-6-14-30(28)23-26)33(31(24-36)41-35)38-20-7-9-25-15-17-27-11-3-5-13-29(27)22-25/h2-6,11-18,22-23,31-35H,1,7-10,19-21,24,36-37H2. The summed E-state index contributed by atoms with van der Waals surface area (Å²) in [5, 5.41) is 5.01. The molecular formula is C35H42N2O4. The van der Waals surface area contributed by atoms with Crippen LogP contribution in [0.25, 0.3) is 21.5 Å². The van der Waals surface area contributed by atoms with Gasteiger partial charge in [-0.25, -0.2) is 0 Å². The Kier molecular flexibility index (Phi) is 10.5. The molecule has 41 heavy (non-hydrogen) atoms. The Morgan fingerprint density at radius 1 is 0.707 bits per heavy atom. The quantitative estimate of drug-likeness (QED) is 0.157. The second kappa shape index (κ2) is 14.7. The van der Waals surface area contributed by atoms with Crippen molar-refractivity contribution in [2.24, 2.45) is 11.5 Å². The Balaban J connectivity index is 1.18. The zero-order valence-electron chi connectivity index (χ0n) is 23.7. The predicted octanol–water partition coefficient (Wildman–Crippen LogP) is 5.54. The molecule has 1 aliphatic heterocycles. The first-order valence-corrected chi connectivity index (χ1v) is 14.7.